The number of hydrogen-bond donors (Lipinski definition) is 1. The summed E-state index contributed by atoms with van der Waals surface area (Å²) in [6.07, 6.45) is -0.927. The van der Waals surface area contributed by atoms with Crippen LogP contribution in [0.5, 0.6) is 0 Å². The first kappa shape index (κ1) is 9.28. The Balaban J connectivity index is 2.15. The molecule has 1 heterocycles. The van der Waals surface area contributed by atoms with Gasteiger partial charge < -0.3 is 14.8 Å². The van der Waals surface area contributed by atoms with Gasteiger partial charge in [0.1, 0.15) is 0 Å². The van der Waals surface area contributed by atoms with E-state index in [2.05, 4.69) is 15.4 Å². The maximum atomic E-state index is 10.8. The number of rotatable bonds is 2. The summed E-state index contributed by atoms with van der Waals surface area (Å²) in [4.78, 5) is 10.8. The fraction of sp³-hybridized carbons (Fsp3) is 0.857. The number of morpholine rings is 1. The Morgan fingerprint density at radius 1 is 1.83 bits per heavy atom. The van der Waals surface area contributed by atoms with Crippen molar-refractivity contribution >= 4 is 6.09 Å². The molecule has 1 fully saturated rings. The van der Waals surface area contributed by atoms with Gasteiger partial charge in [0.15, 0.2) is 6.23 Å². The summed E-state index contributed by atoms with van der Waals surface area (Å²) >= 11 is 0. The molecule has 1 saturated heterocycles. The minimum atomic E-state index is -0.550. The second kappa shape index (κ2) is 4.95. The lowest BCUT2D eigenvalue weighted by molar-refractivity contribution is 0.00385. The Hall–Kier alpha value is -0.810. The minimum absolute atomic E-state index is 0.350. The normalized spacial score (nSPS) is 23.2. The standard InChI is InChI=1S/C7H13N2O3/c1-2-11-7(10)9-6-5-8-3-4-12-6/h6,8H,2-5H2,1H3. The molecule has 69 valence electrons. The third-order valence-electron chi connectivity index (χ3n) is 1.43. The summed E-state index contributed by atoms with van der Waals surface area (Å²) in [7, 11) is 0. The summed E-state index contributed by atoms with van der Waals surface area (Å²) in [6, 6.07) is 0. The molecule has 12 heavy (non-hydrogen) atoms. The van der Waals surface area contributed by atoms with E-state index in [9.17, 15) is 4.79 Å². The number of nitrogens with one attached hydrogen (secondary N) is 1. The third kappa shape index (κ3) is 3.06. The van der Waals surface area contributed by atoms with Crippen molar-refractivity contribution in [3.63, 3.8) is 0 Å². The fourth-order valence-electron chi connectivity index (χ4n) is 0.913. The monoisotopic (exact) mass is 173 g/mol. The van der Waals surface area contributed by atoms with Gasteiger partial charge in [-0.1, -0.05) is 0 Å². The molecule has 0 aromatic heterocycles. The first-order valence-corrected chi connectivity index (χ1v) is 4.03. The van der Waals surface area contributed by atoms with Crippen LogP contribution in [0, 0.1) is 0 Å². The van der Waals surface area contributed by atoms with Gasteiger partial charge in [-0.2, -0.15) is 5.32 Å². The van der Waals surface area contributed by atoms with Gasteiger partial charge in [0, 0.05) is 13.1 Å². The predicted octanol–water partition coefficient (Wildman–Crippen LogP) is -0.307. The molecular formula is C7H13N2O3. The van der Waals surface area contributed by atoms with Crippen molar-refractivity contribution in [2.24, 2.45) is 0 Å². The van der Waals surface area contributed by atoms with Crippen molar-refractivity contribution in [1.82, 2.24) is 10.6 Å². The van der Waals surface area contributed by atoms with Crippen molar-refractivity contribution in [1.29, 1.82) is 0 Å². The number of amides is 1. The van der Waals surface area contributed by atoms with Crippen LogP contribution in [0.25, 0.3) is 0 Å². The lowest BCUT2D eigenvalue weighted by Gasteiger charge is -2.21. The lowest BCUT2D eigenvalue weighted by Crippen LogP contribution is -2.45. The maximum absolute atomic E-state index is 10.8. The second-order valence-corrected chi connectivity index (χ2v) is 2.36. The minimum Gasteiger partial charge on any atom is -0.448 e. The maximum Gasteiger partial charge on any atom is 0.431 e. The third-order valence-corrected chi connectivity index (χ3v) is 1.43. The van der Waals surface area contributed by atoms with Crippen LogP contribution in [0.15, 0.2) is 0 Å². The van der Waals surface area contributed by atoms with Gasteiger partial charge >= 0.3 is 6.09 Å². The molecule has 1 unspecified atom stereocenters. The van der Waals surface area contributed by atoms with Crippen LogP contribution in [-0.4, -0.2) is 38.6 Å². The molecule has 0 aliphatic carbocycles. The number of nitrogens with zero attached hydrogens (tertiary/aromatic N) is 1. The highest BCUT2D eigenvalue weighted by Crippen LogP contribution is 1.94. The van der Waals surface area contributed by atoms with E-state index in [1.165, 1.54) is 0 Å². The molecular weight excluding hydrogens is 160 g/mol. The topological polar surface area (TPSA) is 61.7 Å². The van der Waals surface area contributed by atoms with Gasteiger partial charge in [-0.15, -0.1) is 0 Å². The van der Waals surface area contributed by atoms with Crippen LogP contribution in [0.4, 0.5) is 4.79 Å². The van der Waals surface area contributed by atoms with E-state index < -0.39 is 6.09 Å². The molecule has 5 nitrogen and oxygen atoms in total. The van der Waals surface area contributed by atoms with Crippen LogP contribution < -0.4 is 10.6 Å². The van der Waals surface area contributed by atoms with E-state index in [1.54, 1.807) is 6.92 Å². The molecule has 0 saturated carbocycles. The highest BCUT2D eigenvalue weighted by molar-refractivity contribution is 5.66. The van der Waals surface area contributed by atoms with Crippen LogP contribution >= 0.6 is 0 Å². The van der Waals surface area contributed by atoms with Gasteiger partial charge in [-0.3, -0.25) is 0 Å². The highest BCUT2D eigenvalue weighted by atomic mass is 16.6. The van der Waals surface area contributed by atoms with E-state index in [4.69, 9.17) is 4.74 Å². The highest BCUT2D eigenvalue weighted by Gasteiger charge is 2.17. The van der Waals surface area contributed by atoms with Crippen LogP contribution in [-0.2, 0) is 9.47 Å². The van der Waals surface area contributed by atoms with Crippen molar-refractivity contribution < 1.29 is 14.3 Å². The van der Waals surface area contributed by atoms with Crippen molar-refractivity contribution in [2.75, 3.05) is 26.3 Å². The molecule has 0 bridgehead atoms. The first-order valence-electron chi connectivity index (χ1n) is 4.03. The van der Waals surface area contributed by atoms with Crippen LogP contribution in [0.2, 0.25) is 0 Å². The molecule has 1 aliphatic rings. The zero-order valence-corrected chi connectivity index (χ0v) is 7.08. The van der Waals surface area contributed by atoms with Crippen molar-refractivity contribution in [3.8, 4) is 0 Å². The Labute approximate surface area is 71.4 Å². The molecule has 5 heteroatoms. The zero-order chi connectivity index (χ0) is 8.81. The second-order valence-electron chi connectivity index (χ2n) is 2.36. The number of carbonyl (C=O) groups is 1. The lowest BCUT2D eigenvalue weighted by atomic mass is 10.4. The van der Waals surface area contributed by atoms with Gasteiger partial charge in [0.2, 0.25) is 0 Å². The van der Waals surface area contributed by atoms with E-state index in [1.807, 2.05) is 0 Å². The summed E-state index contributed by atoms with van der Waals surface area (Å²) in [5.74, 6) is 0. The number of carbonyl (C=O) groups excluding carboxylic acids is 1. The van der Waals surface area contributed by atoms with E-state index in [-0.39, 0.29) is 6.23 Å². The van der Waals surface area contributed by atoms with Gasteiger partial charge in [0.05, 0.1) is 13.2 Å². The molecule has 1 radical (unpaired) electrons. The van der Waals surface area contributed by atoms with E-state index in [0.29, 0.717) is 19.8 Å². The molecule has 1 N–H and O–H groups in total. The van der Waals surface area contributed by atoms with E-state index >= 15 is 0 Å². The number of hydrogen-bond acceptors (Lipinski definition) is 4. The zero-order valence-electron chi connectivity index (χ0n) is 7.08. The Bertz CT molecular complexity index is 146. The molecule has 0 aromatic carbocycles. The average molecular weight is 173 g/mol. The molecule has 1 amide bonds. The molecule has 0 spiro atoms. The fourth-order valence-corrected chi connectivity index (χ4v) is 0.913. The van der Waals surface area contributed by atoms with Crippen LogP contribution in [0.1, 0.15) is 6.92 Å². The quantitative estimate of drug-likeness (QED) is 0.622. The van der Waals surface area contributed by atoms with E-state index in [0.717, 1.165) is 6.54 Å². The smallest absolute Gasteiger partial charge is 0.431 e. The summed E-state index contributed by atoms with van der Waals surface area (Å²) in [6.45, 7) is 4.08. The van der Waals surface area contributed by atoms with Gasteiger partial charge in [0.25, 0.3) is 0 Å². The van der Waals surface area contributed by atoms with Crippen molar-refractivity contribution in [3.05, 3.63) is 0 Å². The van der Waals surface area contributed by atoms with Crippen LogP contribution in [0.3, 0.4) is 0 Å². The molecule has 1 rings (SSSR count). The summed E-state index contributed by atoms with van der Waals surface area (Å²) in [5, 5.41) is 6.74. The number of ether oxygens (including phenoxy) is 2. The Kier molecular flexibility index (Phi) is 3.83. The predicted molar refractivity (Wildman–Crippen MR) is 41.8 cm³/mol. The van der Waals surface area contributed by atoms with Crippen molar-refractivity contribution in [2.45, 2.75) is 13.2 Å². The van der Waals surface area contributed by atoms with Gasteiger partial charge in [-0.05, 0) is 6.92 Å². The SMILES string of the molecule is CCOC(=O)[N]C1CNCCO1. The Morgan fingerprint density at radius 2 is 2.67 bits per heavy atom. The molecule has 0 aromatic rings. The Morgan fingerprint density at radius 3 is 3.25 bits per heavy atom. The molecule has 1 aliphatic heterocycles. The first-order chi connectivity index (χ1) is 5.83. The molecule has 1 atom stereocenters. The largest absolute Gasteiger partial charge is 0.448 e. The summed E-state index contributed by atoms with van der Waals surface area (Å²) in [5.41, 5.74) is 0. The summed E-state index contributed by atoms with van der Waals surface area (Å²) < 4.78 is 9.80. The van der Waals surface area contributed by atoms with Gasteiger partial charge in [-0.25, -0.2) is 4.79 Å². The average Bonchev–Trinajstić information content (AvgIpc) is 2.06.